The molecular formula is C34H41N3O5. The van der Waals surface area contributed by atoms with Gasteiger partial charge >= 0.3 is 6.09 Å². The number of carbonyl (C=O) groups is 3. The molecule has 8 heteroatoms. The van der Waals surface area contributed by atoms with Crippen LogP contribution in [0.3, 0.4) is 0 Å². The van der Waals surface area contributed by atoms with Crippen LogP contribution in [0.1, 0.15) is 54.6 Å². The van der Waals surface area contributed by atoms with Gasteiger partial charge in [0, 0.05) is 18.7 Å². The van der Waals surface area contributed by atoms with Crippen LogP contribution in [-0.2, 0) is 20.7 Å². The Balaban J connectivity index is 2.07. The van der Waals surface area contributed by atoms with Gasteiger partial charge in [-0.15, -0.1) is 6.58 Å². The Morgan fingerprint density at radius 2 is 1.60 bits per heavy atom. The van der Waals surface area contributed by atoms with Crippen molar-refractivity contribution < 1.29 is 24.2 Å². The van der Waals surface area contributed by atoms with E-state index in [4.69, 9.17) is 4.74 Å². The second kappa shape index (κ2) is 13.9. The van der Waals surface area contributed by atoms with E-state index in [1.807, 2.05) is 63.2 Å². The molecule has 8 nitrogen and oxygen atoms in total. The number of hydrogen-bond acceptors (Lipinski definition) is 5. The summed E-state index contributed by atoms with van der Waals surface area (Å²) in [5, 5.41) is 15.5. The monoisotopic (exact) mass is 571 g/mol. The second-order valence-corrected chi connectivity index (χ2v) is 11.4. The number of carbonyl (C=O) groups excluding carboxylic acids is 3. The number of para-hydroxylation sites is 1. The molecule has 3 aromatic rings. The zero-order valence-electron chi connectivity index (χ0n) is 25.2. The number of aromatic hydroxyl groups is 1. The number of alkyl carbamates (subject to hydrolysis) is 1. The molecule has 3 aromatic carbocycles. The van der Waals surface area contributed by atoms with Crippen molar-refractivity contribution in [2.75, 3.05) is 11.9 Å². The summed E-state index contributed by atoms with van der Waals surface area (Å²) in [6.07, 6.45) is 0.897. The summed E-state index contributed by atoms with van der Waals surface area (Å²) in [5.74, 6) is -0.802. The Bertz CT molecular complexity index is 1410. The molecule has 3 amide bonds. The van der Waals surface area contributed by atoms with Gasteiger partial charge in [-0.05, 0) is 75.9 Å². The highest BCUT2D eigenvalue weighted by Crippen LogP contribution is 2.28. The van der Waals surface area contributed by atoms with Crippen molar-refractivity contribution in [3.05, 3.63) is 107 Å². The molecule has 0 aromatic heterocycles. The van der Waals surface area contributed by atoms with Crippen LogP contribution in [0.15, 0.2) is 79.4 Å². The summed E-state index contributed by atoms with van der Waals surface area (Å²) in [5.41, 5.74) is 3.93. The fourth-order valence-corrected chi connectivity index (χ4v) is 4.70. The Kier molecular flexibility index (Phi) is 10.5. The van der Waals surface area contributed by atoms with Crippen molar-refractivity contribution in [3.8, 4) is 5.75 Å². The Morgan fingerprint density at radius 1 is 0.976 bits per heavy atom. The first-order valence-corrected chi connectivity index (χ1v) is 13.9. The topological polar surface area (TPSA) is 108 Å². The van der Waals surface area contributed by atoms with Crippen LogP contribution in [0.25, 0.3) is 0 Å². The van der Waals surface area contributed by atoms with E-state index in [9.17, 15) is 19.5 Å². The van der Waals surface area contributed by atoms with Gasteiger partial charge in [-0.3, -0.25) is 9.59 Å². The number of phenols is 1. The third-order valence-corrected chi connectivity index (χ3v) is 6.62. The Hall–Kier alpha value is -4.59. The van der Waals surface area contributed by atoms with Gasteiger partial charge < -0.3 is 25.4 Å². The van der Waals surface area contributed by atoms with Crippen molar-refractivity contribution >= 4 is 23.6 Å². The van der Waals surface area contributed by atoms with E-state index in [0.29, 0.717) is 16.8 Å². The van der Waals surface area contributed by atoms with Crippen LogP contribution >= 0.6 is 0 Å². The largest absolute Gasteiger partial charge is 0.508 e. The molecule has 3 rings (SSSR count). The molecule has 0 bridgehead atoms. The van der Waals surface area contributed by atoms with Crippen LogP contribution in [0.5, 0.6) is 5.75 Å². The highest BCUT2D eigenvalue weighted by molar-refractivity contribution is 6.00. The molecule has 42 heavy (non-hydrogen) atoms. The van der Waals surface area contributed by atoms with E-state index in [-0.39, 0.29) is 18.7 Å². The van der Waals surface area contributed by atoms with Gasteiger partial charge in [0.1, 0.15) is 23.4 Å². The summed E-state index contributed by atoms with van der Waals surface area (Å²) in [6, 6.07) is 17.4. The lowest BCUT2D eigenvalue weighted by Crippen LogP contribution is -2.53. The standard InChI is InChI=1S/C34H41N3O5/c1-8-19-37(32(40)28(35-33(41)42-34(5,6)7)21-25-15-17-27(38)18-16-25)30(26-14-9-11-22(2)20-26)31(39)36-29-23(3)12-10-13-24(29)4/h8-18,20,28,30,38H,1,19,21H2,2-7H3,(H,35,41)(H,36,39). The van der Waals surface area contributed by atoms with E-state index < -0.39 is 35.6 Å². The second-order valence-electron chi connectivity index (χ2n) is 11.4. The van der Waals surface area contributed by atoms with Crippen LogP contribution in [0.4, 0.5) is 10.5 Å². The van der Waals surface area contributed by atoms with Crippen LogP contribution < -0.4 is 10.6 Å². The summed E-state index contributed by atoms with van der Waals surface area (Å²) in [6.45, 7) is 14.8. The number of aryl methyl sites for hydroxylation is 3. The lowest BCUT2D eigenvalue weighted by molar-refractivity contribution is -0.140. The van der Waals surface area contributed by atoms with Crippen LogP contribution in [0, 0.1) is 20.8 Å². The average Bonchev–Trinajstić information content (AvgIpc) is 2.90. The molecule has 0 aliphatic rings. The van der Waals surface area contributed by atoms with Crippen LogP contribution in [0.2, 0.25) is 0 Å². The first kappa shape index (κ1) is 31.9. The summed E-state index contributed by atoms with van der Waals surface area (Å²) >= 11 is 0. The average molecular weight is 572 g/mol. The lowest BCUT2D eigenvalue weighted by Gasteiger charge is -2.34. The van der Waals surface area contributed by atoms with Gasteiger partial charge in [-0.25, -0.2) is 4.79 Å². The fourth-order valence-electron chi connectivity index (χ4n) is 4.70. The molecule has 222 valence electrons. The van der Waals surface area contributed by atoms with Crippen molar-refractivity contribution in [2.45, 2.75) is 65.6 Å². The minimum Gasteiger partial charge on any atom is -0.508 e. The predicted molar refractivity (Wildman–Crippen MR) is 165 cm³/mol. The van der Waals surface area contributed by atoms with Crippen molar-refractivity contribution in [1.29, 1.82) is 0 Å². The molecule has 0 fully saturated rings. The molecule has 0 radical (unpaired) electrons. The van der Waals surface area contributed by atoms with Gasteiger partial charge in [0.15, 0.2) is 0 Å². The molecule has 0 aliphatic carbocycles. The fraction of sp³-hybridized carbons (Fsp3) is 0.324. The smallest absolute Gasteiger partial charge is 0.408 e. The molecule has 0 spiro atoms. The first-order valence-electron chi connectivity index (χ1n) is 13.9. The summed E-state index contributed by atoms with van der Waals surface area (Å²) in [4.78, 5) is 42.8. The highest BCUT2D eigenvalue weighted by Gasteiger charge is 2.36. The van der Waals surface area contributed by atoms with E-state index in [2.05, 4.69) is 17.2 Å². The number of amides is 3. The van der Waals surface area contributed by atoms with E-state index >= 15 is 0 Å². The SMILES string of the molecule is C=CCN(C(=O)C(Cc1ccc(O)cc1)NC(=O)OC(C)(C)C)C(C(=O)Nc1c(C)cccc1C)c1cccc(C)c1. The van der Waals surface area contributed by atoms with Gasteiger partial charge in [0.25, 0.3) is 5.91 Å². The van der Waals surface area contributed by atoms with Crippen LogP contribution in [-0.4, -0.2) is 46.1 Å². The normalized spacial score (nSPS) is 12.5. The Morgan fingerprint density at radius 3 is 2.17 bits per heavy atom. The predicted octanol–water partition coefficient (Wildman–Crippen LogP) is 6.15. The van der Waals surface area contributed by atoms with Crippen molar-refractivity contribution in [3.63, 3.8) is 0 Å². The highest BCUT2D eigenvalue weighted by atomic mass is 16.6. The zero-order chi connectivity index (χ0) is 31.0. The quantitative estimate of drug-likeness (QED) is 0.253. The number of nitrogens with one attached hydrogen (secondary N) is 2. The molecule has 0 saturated carbocycles. The number of benzene rings is 3. The van der Waals surface area contributed by atoms with E-state index in [1.54, 1.807) is 39.0 Å². The van der Waals surface area contributed by atoms with Gasteiger partial charge in [-0.2, -0.15) is 0 Å². The molecule has 0 saturated heterocycles. The lowest BCUT2D eigenvalue weighted by atomic mass is 9.98. The number of phenolic OH excluding ortho intramolecular Hbond substituents is 1. The number of anilines is 1. The minimum absolute atomic E-state index is 0.0414. The minimum atomic E-state index is -1.08. The van der Waals surface area contributed by atoms with Gasteiger partial charge in [0.2, 0.25) is 5.91 Å². The molecule has 0 heterocycles. The first-order chi connectivity index (χ1) is 19.8. The molecule has 3 N–H and O–H groups in total. The number of rotatable bonds is 10. The summed E-state index contributed by atoms with van der Waals surface area (Å²) < 4.78 is 5.47. The Labute approximate surface area is 248 Å². The molecule has 2 atom stereocenters. The van der Waals surface area contributed by atoms with Gasteiger partial charge in [-0.1, -0.05) is 66.2 Å². The van der Waals surface area contributed by atoms with Crippen molar-refractivity contribution in [2.24, 2.45) is 0 Å². The molecule has 0 aliphatic heterocycles. The molecular weight excluding hydrogens is 530 g/mol. The van der Waals surface area contributed by atoms with E-state index in [1.165, 1.54) is 17.0 Å². The number of nitrogens with zero attached hydrogens (tertiary/aromatic N) is 1. The maximum atomic E-state index is 14.4. The third-order valence-electron chi connectivity index (χ3n) is 6.62. The summed E-state index contributed by atoms with van der Waals surface area (Å²) in [7, 11) is 0. The zero-order valence-corrected chi connectivity index (χ0v) is 25.2. The number of ether oxygens (including phenoxy) is 1. The van der Waals surface area contributed by atoms with Crippen molar-refractivity contribution in [1.82, 2.24) is 10.2 Å². The number of hydrogen-bond donors (Lipinski definition) is 3. The molecule has 2 unspecified atom stereocenters. The maximum Gasteiger partial charge on any atom is 0.408 e. The third kappa shape index (κ3) is 8.70. The maximum absolute atomic E-state index is 14.4. The van der Waals surface area contributed by atoms with E-state index in [0.717, 1.165) is 16.7 Å². The van der Waals surface area contributed by atoms with Gasteiger partial charge in [0.05, 0.1) is 0 Å².